The van der Waals surface area contributed by atoms with Crippen LogP contribution in [0.1, 0.15) is 62.0 Å². The molecule has 31 heavy (non-hydrogen) atoms. The molecule has 1 aromatic rings. The Balaban J connectivity index is 1.34. The number of ether oxygens (including phenoxy) is 2. The molecule has 5 fully saturated rings. The molecule has 4 bridgehead atoms. The van der Waals surface area contributed by atoms with Crippen LogP contribution in [-0.2, 0) is 16.1 Å². The van der Waals surface area contributed by atoms with Gasteiger partial charge < -0.3 is 24.8 Å². The molecule has 8 nitrogen and oxygen atoms in total. The zero-order chi connectivity index (χ0) is 21.8. The van der Waals surface area contributed by atoms with Gasteiger partial charge in [-0.25, -0.2) is 9.97 Å². The Bertz CT molecular complexity index is 823. The number of amides is 1. The SMILES string of the molecule is COCc1nc(N2C[C@@H](C)O[C@@H](C)C2)ncc1C(=O)NC1C2CC3CC1CC(O)(C3)C2. The van der Waals surface area contributed by atoms with E-state index in [0.717, 1.165) is 45.2 Å². The topological polar surface area (TPSA) is 96.8 Å². The molecule has 4 saturated carbocycles. The van der Waals surface area contributed by atoms with Crippen LogP contribution in [0.4, 0.5) is 5.95 Å². The summed E-state index contributed by atoms with van der Waals surface area (Å²) in [5.74, 6) is 1.82. The van der Waals surface area contributed by atoms with E-state index in [2.05, 4.69) is 15.2 Å². The summed E-state index contributed by atoms with van der Waals surface area (Å²) in [5, 5.41) is 14.1. The quantitative estimate of drug-likeness (QED) is 0.736. The van der Waals surface area contributed by atoms with Crippen LogP contribution in [0.5, 0.6) is 0 Å². The Kier molecular flexibility index (Phi) is 5.43. The second-order valence-corrected chi connectivity index (χ2v) is 10.3. The Labute approximate surface area is 183 Å². The van der Waals surface area contributed by atoms with Gasteiger partial charge in [-0.1, -0.05) is 0 Å². The summed E-state index contributed by atoms with van der Waals surface area (Å²) in [6.45, 7) is 5.78. The van der Waals surface area contributed by atoms with Crippen molar-refractivity contribution in [1.29, 1.82) is 0 Å². The van der Waals surface area contributed by atoms with Crippen molar-refractivity contribution >= 4 is 11.9 Å². The van der Waals surface area contributed by atoms with E-state index in [1.54, 1.807) is 13.3 Å². The maximum absolute atomic E-state index is 13.3. The highest BCUT2D eigenvalue weighted by atomic mass is 16.5. The van der Waals surface area contributed by atoms with Crippen molar-refractivity contribution in [1.82, 2.24) is 15.3 Å². The number of nitrogens with one attached hydrogen (secondary N) is 1. The fourth-order valence-electron chi connectivity index (χ4n) is 6.78. The second kappa shape index (κ2) is 7.98. The van der Waals surface area contributed by atoms with Crippen LogP contribution in [0.15, 0.2) is 6.20 Å². The minimum atomic E-state index is -0.504. The number of morpholine rings is 1. The van der Waals surface area contributed by atoms with Gasteiger partial charge in [0.2, 0.25) is 5.95 Å². The number of aromatic nitrogens is 2. The molecule has 1 saturated heterocycles. The second-order valence-electron chi connectivity index (χ2n) is 10.3. The van der Waals surface area contributed by atoms with Crippen molar-refractivity contribution in [2.75, 3.05) is 25.1 Å². The van der Waals surface area contributed by atoms with Gasteiger partial charge in [0.15, 0.2) is 0 Å². The summed E-state index contributed by atoms with van der Waals surface area (Å²) < 4.78 is 11.2. The highest BCUT2D eigenvalue weighted by molar-refractivity contribution is 5.95. The monoisotopic (exact) mass is 430 g/mol. The lowest BCUT2D eigenvalue weighted by atomic mass is 9.52. The van der Waals surface area contributed by atoms with E-state index < -0.39 is 5.60 Å². The van der Waals surface area contributed by atoms with Crippen LogP contribution in [0.25, 0.3) is 0 Å². The number of nitrogens with zero attached hydrogens (tertiary/aromatic N) is 3. The zero-order valence-electron chi connectivity index (χ0n) is 18.7. The number of rotatable bonds is 5. The Morgan fingerprint density at radius 3 is 2.55 bits per heavy atom. The van der Waals surface area contributed by atoms with Crippen LogP contribution in [0.2, 0.25) is 0 Å². The van der Waals surface area contributed by atoms with Crippen molar-refractivity contribution in [3.8, 4) is 0 Å². The molecule has 1 aliphatic heterocycles. The summed E-state index contributed by atoms with van der Waals surface area (Å²) in [6, 6.07) is 0.125. The molecule has 1 amide bonds. The number of aliphatic hydroxyl groups is 1. The fourth-order valence-corrected chi connectivity index (χ4v) is 6.78. The summed E-state index contributed by atoms with van der Waals surface area (Å²) >= 11 is 0. The molecule has 4 atom stereocenters. The van der Waals surface area contributed by atoms with E-state index in [-0.39, 0.29) is 30.8 Å². The van der Waals surface area contributed by atoms with Crippen LogP contribution in [0, 0.1) is 17.8 Å². The minimum Gasteiger partial charge on any atom is -0.390 e. The van der Waals surface area contributed by atoms with Crippen molar-refractivity contribution in [3.05, 3.63) is 17.5 Å². The van der Waals surface area contributed by atoms with Crippen molar-refractivity contribution in [2.24, 2.45) is 17.8 Å². The van der Waals surface area contributed by atoms with E-state index in [1.807, 2.05) is 13.8 Å². The Hall–Kier alpha value is -1.77. The number of hydrogen-bond acceptors (Lipinski definition) is 7. The third-order valence-electron chi connectivity index (χ3n) is 7.62. The third-order valence-corrected chi connectivity index (χ3v) is 7.62. The summed E-state index contributed by atoms with van der Waals surface area (Å²) in [5.41, 5.74) is 0.586. The first-order valence-electron chi connectivity index (χ1n) is 11.6. The van der Waals surface area contributed by atoms with Gasteiger partial charge in [0.05, 0.1) is 35.7 Å². The number of hydrogen-bond donors (Lipinski definition) is 2. The van der Waals surface area contributed by atoms with E-state index >= 15 is 0 Å². The highest BCUT2D eigenvalue weighted by Crippen LogP contribution is 2.55. The molecule has 0 radical (unpaired) electrons. The first-order chi connectivity index (χ1) is 14.8. The van der Waals surface area contributed by atoms with Crippen molar-refractivity contribution in [3.63, 3.8) is 0 Å². The molecule has 6 rings (SSSR count). The lowest BCUT2D eigenvalue weighted by Gasteiger charge is -2.58. The Morgan fingerprint density at radius 1 is 1.26 bits per heavy atom. The highest BCUT2D eigenvalue weighted by Gasteiger charge is 2.55. The summed E-state index contributed by atoms with van der Waals surface area (Å²) in [6.07, 6.45) is 6.61. The predicted molar refractivity (Wildman–Crippen MR) is 115 cm³/mol. The average Bonchev–Trinajstić information content (AvgIpc) is 2.69. The standard InChI is InChI=1S/C23H34N4O4/c1-13-10-27(11-14(2)31-13)22-24-9-18(19(25-22)12-30-3)21(28)26-20-16-4-15-5-17(20)8-23(29,6-15)7-16/h9,13-17,20,29H,4-8,10-12H2,1-3H3,(H,26,28)/t13-,14+,15?,16?,17?,20?,23?. The van der Waals surface area contributed by atoms with Crippen LogP contribution < -0.4 is 10.2 Å². The lowest BCUT2D eigenvalue weighted by molar-refractivity contribution is -0.136. The molecule has 0 aromatic carbocycles. The third kappa shape index (κ3) is 4.05. The number of carbonyl (C=O) groups is 1. The lowest BCUT2D eigenvalue weighted by Crippen LogP contribution is -2.61. The molecular weight excluding hydrogens is 396 g/mol. The van der Waals surface area contributed by atoms with Crippen molar-refractivity contribution < 1.29 is 19.4 Å². The fraction of sp³-hybridized carbons (Fsp3) is 0.783. The first kappa shape index (κ1) is 21.1. The molecule has 0 spiro atoms. The molecule has 2 unspecified atom stereocenters. The van der Waals surface area contributed by atoms with E-state index in [1.165, 1.54) is 0 Å². The molecule has 2 N–H and O–H groups in total. The van der Waals surface area contributed by atoms with Crippen molar-refractivity contribution in [2.45, 2.75) is 76.4 Å². The number of carbonyl (C=O) groups excluding carboxylic acids is 1. The molecule has 8 heteroatoms. The molecular formula is C23H34N4O4. The predicted octanol–water partition coefficient (Wildman–Crippen LogP) is 1.91. The van der Waals surface area contributed by atoms with Crippen LogP contribution in [0.3, 0.4) is 0 Å². The molecule has 170 valence electrons. The smallest absolute Gasteiger partial charge is 0.255 e. The average molecular weight is 431 g/mol. The van der Waals surface area contributed by atoms with E-state index in [0.29, 0.717) is 35.0 Å². The maximum atomic E-state index is 13.3. The summed E-state index contributed by atoms with van der Waals surface area (Å²) in [4.78, 5) is 24.6. The zero-order valence-corrected chi connectivity index (χ0v) is 18.7. The molecule has 4 aliphatic carbocycles. The Morgan fingerprint density at radius 2 is 1.94 bits per heavy atom. The van der Waals surface area contributed by atoms with E-state index in [4.69, 9.17) is 14.5 Å². The summed E-state index contributed by atoms with van der Waals surface area (Å²) in [7, 11) is 1.61. The van der Waals surface area contributed by atoms with E-state index in [9.17, 15) is 9.90 Å². The normalized spacial score (nSPS) is 39.0. The molecule has 5 aliphatic rings. The number of methoxy groups -OCH3 is 1. The van der Waals surface area contributed by atoms with Crippen LogP contribution in [-0.4, -0.2) is 65.0 Å². The first-order valence-corrected chi connectivity index (χ1v) is 11.6. The van der Waals surface area contributed by atoms with Gasteiger partial charge in [-0.15, -0.1) is 0 Å². The number of anilines is 1. The minimum absolute atomic E-state index is 0.105. The largest absolute Gasteiger partial charge is 0.390 e. The maximum Gasteiger partial charge on any atom is 0.255 e. The van der Waals surface area contributed by atoms with Crippen LogP contribution >= 0.6 is 0 Å². The van der Waals surface area contributed by atoms with Gasteiger partial charge in [-0.3, -0.25) is 4.79 Å². The van der Waals surface area contributed by atoms with Gasteiger partial charge in [0.1, 0.15) is 0 Å². The van der Waals surface area contributed by atoms with Gasteiger partial charge in [-0.05, 0) is 63.7 Å². The van der Waals surface area contributed by atoms with Gasteiger partial charge in [0.25, 0.3) is 5.91 Å². The molecule has 1 aromatic heterocycles. The van der Waals surface area contributed by atoms with Gasteiger partial charge in [0, 0.05) is 32.4 Å². The van der Waals surface area contributed by atoms with Gasteiger partial charge >= 0.3 is 0 Å². The molecule has 2 heterocycles. The van der Waals surface area contributed by atoms with Gasteiger partial charge in [-0.2, -0.15) is 0 Å².